The molecule has 1 saturated heterocycles. The Hall–Kier alpha value is -1.35. The van der Waals surface area contributed by atoms with E-state index in [9.17, 15) is 4.79 Å². The number of likely N-dealkylation sites (tertiary alicyclic amines) is 1. The quantitative estimate of drug-likeness (QED) is 0.890. The molecule has 0 bridgehead atoms. The Labute approximate surface area is 108 Å². The lowest BCUT2D eigenvalue weighted by molar-refractivity contribution is 0.0782. The zero-order valence-electron chi connectivity index (χ0n) is 11.1. The third-order valence-electron chi connectivity index (χ3n) is 3.66. The number of hydrogen-bond donors (Lipinski definition) is 1. The lowest BCUT2D eigenvalue weighted by atomic mass is 10.0. The molecular formula is C15H21NO2. The first kappa shape index (κ1) is 13.1. The lowest BCUT2D eigenvalue weighted by Gasteiger charge is -2.16. The van der Waals surface area contributed by atoms with E-state index in [4.69, 9.17) is 5.11 Å². The van der Waals surface area contributed by atoms with Gasteiger partial charge in [-0.2, -0.15) is 0 Å². The number of carbonyl (C=O) groups excluding carboxylic acids is 1. The number of carbonyl (C=O) groups is 1. The highest BCUT2D eigenvalue weighted by Gasteiger charge is 2.26. The van der Waals surface area contributed by atoms with E-state index in [-0.39, 0.29) is 18.4 Å². The zero-order chi connectivity index (χ0) is 13.1. The zero-order valence-corrected chi connectivity index (χ0v) is 11.1. The maximum absolute atomic E-state index is 12.2. The third kappa shape index (κ3) is 2.72. The van der Waals surface area contributed by atoms with Gasteiger partial charge < -0.3 is 10.0 Å². The van der Waals surface area contributed by atoms with Crippen molar-refractivity contribution in [2.45, 2.75) is 26.2 Å². The summed E-state index contributed by atoms with van der Waals surface area (Å²) in [6.07, 6.45) is 0.909. The first-order chi connectivity index (χ1) is 8.61. The van der Waals surface area contributed by atoms with Crippen LogP contribution in [0.15, 0.2) is 24.3 Å². The van der Waals surface area contributed by atoms with E-state index in [1.807, 2.05) is 29.2 Å². The van der Waals surface area contributed by atoms with Gasteiger partial charge in [0.05, 0.1) is 0 Å². The van der Waals surface area contributed by atoms with E-state index in [2.05, 4.69) is 13.8 Å². The number of hydrogen-bond acceptors (Lipinski definition) is 2. The fourth-order valence-corrected chi connectivity index (χ4v) is 2.36. The summed E-state index contributed by atoms with van der Waals surface area (Å²) in [6, 6.07) is 7.86. The van der Waals surface area contributed by atoms with Crippen LogP contribution in [-0.2, 0) is 0 Å². The first-order valence-corrected chi connectivity index (χ1v) is 6.62. The van der Waals surface area contributed by atoms with Crippen LogP contribution in [0.3, 0.4) is 0 Å². The van der Waals surface area contributed by atoms with Crippen LogP contribution < -0.4 is 0 Å². The van der Waals surface area contributed by atoms with E-state index in [1.165, 1.54) is 5.56 Å². The molecule has 1 atom stereocenters. The average molecular weight is 247 g/mol. The van der Waals surface area contributed by atoms with Gasteiger partial charge in [0.1, 0.15) is 0 Å². The highest BCUT2D eigenvalue weighted by atomic mass is 16.3. The molecule has 1 aliphatic heterocycles. The van der Waals surface area contributed by atoms with Gasteiger partial charge >= 0.3 is 0 Å². The van der Waals surface area contributed by atoms with Gasteiger partial charge in [-0.15, -0.1) is 0 Å². The summed E-state index contributed by atoms with van der Waals surface area (Å²) in [5, 5.41) is 9.10. The van der Waals surface area contributed by atoms with Crippen LogP contribution in [0.25, 0.3) is 0 Å². The second-order valence-corrected chi connectivity index (χ2v) is 5.37. The first-order valence-electron chi connectivity index (χ1n) is 6.62. The lowest BCUT2D eigenvalue weighted by Crippen LogP contribution is -2.29. The number of aliphatic hydroxyl groups excluding tert-OH is 1. The van der Waals surface area contributed by atoms with Crippen LogP contribution >= 0.6 is 0 Å². The van der Waals surface area contributed by atoms with E-state index in [0.717, 1.165) is 18.5 Å². The summed E-state index contributed by atoms with van der Waals surface area (Å²) >= 11 is 0. The number of amides is 1. The highest BCUT2D eigenvalue weighted by Crippen LogP contribution is 2.20. The largest absolute Gasteiger partial charge is 0.396 e. The van der Waals surface area contributed by atoms with E-state index >= 15 is 0 Å². The summed E-state index contributed by atoms with van der Waals surface area (Å²) in [5.74, 6) is 0.824. The van der Waals surface area contributed by atoms with Crippen LogP contribution in [0.1, 0.15) is 42.1 Å². The highest BCUT2D eigenvalue weighted by molar-refractivity contribution is 5.94. The summed E-state index contributed by atoms with van der Waals surface area (Å²) in [6.45, 7) is 5.90. The fourth-order valence-electron chi connectivity index (χ4n) is 2.36. The summed E-state index contributed by atoms with van der Waals surface area (Å²) in [7, 11) is 0. The Kier molecular flexibility index (Phi) is 4.02. The van der Waals surface area contributed by atoms with Crippen LogP contribution in [0.4, 0.5) is 0 Å². The van der Waals surface area contributed by atoms with Gasteiger partial charge in [-0.05, 0) is 30.0 Å². The van der Waals surface area contributed by atoms with Crippen LogP contribution in [0.2, 0.25) is 0 Å². The summed E-state index contributed by atoms with van der Waals surface area (Å²) < 4.78 is 0. The van der Waals surface area contributed by atoms with E-state index < -0.39 is 0 Å². The molecule has 2 rings (SSSR count). The molecule has 1 aromatic rings. The predicted octanol–water partition coefficient (Wildman–Crippen LogP) is 2.26. The van der Waals surface area contributed by atoms with Crippen molar-refractivity contribution in [1.82, 2.24) is 4.90 Å². The molecule has 0 aromatic heterocycles. The number of benzene rings is 1. The molecule has 98 valence electrons. The molecule has 1 N–H and O–H groups in total. The van der Waals surface area contributed by atoms with Crippen molar-refractivity contribution in [3.8, 4) is 0 Å². The molecule has 1 amide bonds. The van der Waals surface area contributed by atoms with Crippen LogP contribution in [0.5, 0.6) is 0 Å². The molecule has 1 aliphatic rings. The van der Waals surface area contributed by atoms with Gasteiger partial charge in [0.15, 0.2) is 0 Å². The number of rotatable bonds is 3. The second-order valence-electron chi connectivity index (χ2n) is 5.37. The molecule has 1 fully saturated rings. The topological polar surface area (TPSA) is 40.5 Å². The van der Waals surface area contributed by atoms with Crippen molar-refractivity contribution in [3.63, 3.8) is 0 Å². The van der Waals surface area contributed by atoms with Crippen molar-refractivity contribution in [1.29, 1.82) is 0 Å². The van der Waals surface area contributed by atoms with Gasteiger partial charge in [0.25, 0.3) is 5.91 Å². The standard InChI is InChI=1S/C15H21NO2/c1-11(2)13-3-5-14(6-4-13)15(18)16-8-7-12(9-16)10-17/h3-6,11-12,17H,7-10H2,1-2H3. The third-order valence-corrected chi connectivity index (χ3v) is 3.66. The average Bonchev–Trinajstić information content (AvgIpc) is 2.86. The Morgan fingerprint density at radius 3 is 2.56 bits per heavy atom. The molecule has 3 nitrogen and oxygen atoms in total. The number of aliphatic hydroxyl groups is 1. The van der Waals surface area contributed by atoms with Gasteiger partial charge in [0, 0.05) is 31.2 Å². The van der Waals surface area contributed by atoms with Crippen molar-refractivity contribution >= 4 is 5.91 Å². The molecule has 1 unspecified atom stereocenters. The van der Waals surface area contributed by atoms with Crippen LogP contribution in [0, 0.1) is 5.92 Å². The van der Waals surface area contributed by atoms with Crippen molar-refractivity contribution in [2.24, 2.45) is 5.92 Å². The van der Waals surface area contributed by atoms with Crippen molar-refractivity contribution in [2.75, 3.05) is 19.7 Å². The minimum absolute atomic E-state index is 0.0845. The van der Waals surface area contributed by atoms with E-state index in [0.29, 0.717) is 12.5 Å². The normalized spacial score (nSPS) is 19.6. The molecule has 1 heterocycles. The molecule has 0 aliphatic carbocycles. The number of nitrogens with zero attached hydrogens (tertiary/aromatic N) is 1. The second kappa shape index (κ2) is 5.53. The van der Waals surface area contributed by atoms with Crippen molar-refractivity contribution in [3.05, 3.63) is 35.4 Å². The molecule has 0 saturated carbocycles. The predicted molar refractivity (Wildman–Crippen MR) is 71.6 cm³/mol. The van der Waals surface area contributed by atoms with Gasteiger partial charge in [0.2, 0.25) is 0 Å². The maximum Gasteiger partial charge on any atom is 0.253 e. The fraction of sp³-hybridized carbons (Fsp3) is 0.533. The SMILES string of the molecule is CC(C)c1ccc(C(=O)N2CCC(CO)C2)cc1. The van der Waals surface area contributed by atoms with Crippen molar-refractivity contribution < 1.29 is 9.90 Å². The Morgan fingerprint density at radius 1 is 1.39 bits per heavy atom. The van der Waals surface area contributed by atoms with Gasteiger partial charge in [-0.25, -0.2) is 0 Å². The monoisotopic (exact) mass is 247 g/mol. The Balaban J connectivity index is 2.05. The summed E-state index contributed by atoms with van der Waals surface area (Å²) in [5.41, 5.74) is 2.00. The smallest absolute Gasteiger partial charge is 0.253 e. The van der Waals surface area contributed by atoms with Gasteiger partial charge in [-0.3, -0.25) is 4.79 Å². The Morgan fingerprint density at radius 2 is 2.06 bits per heavy atom. The Bertz CT molecular complexity index is 411. The maximum atomic E-state index is 12.2. The minimum Gasteiger partial charge on any atom is -0.396 e. The molecule has 0 radical (unpaired) electrons. The van der Waals surface area contributed by atoms with Crippen LogP contribution in [-0.4, -0.2) is 35.6 Å². The molecular weight excluding hydrogens is 226 g/mol. The van der Waals surface area contributed by atoms with Gasteiger partial charge in [-0.1, -0.05) is 26.0 Å². The summed E-state index contributed by atoms with van der Waals surface area (Å²) in [4.78, 5) is 14.1. The minimum atomic E-state index is 0.0845. The van der Waals surface area contributed by atoms with E-state index in [1.54, 1.807) is 0 Å². The molecule has 0 spiro atoms. The molecule has 18 heavy (non-hydrogen) atoms. The molecule has 3 heteroatoms. The molecule has 1 aromatic carbocycles.